The molecule has 0 radical (unpaired) electrons. The van der Waals surface area contributed by atoms with Crippen molar-refractivity contribution in [2.24, 2.45) is 0 Å². The van der Waals surface area contributed by atoms with E-state index in [-0.39, 0.29) is 23.2 Å². The molecule has 2 saturated heterocycles. The van der Waals surface area contributed by atoms with Crippen LogP contribution in [0.4, 0.5) is 15.8 Å². The number of anilines is 2. The maximum Gasteiger partial charge on any atom is 0.243 e. The topological polar surface area (TPSA) is 73.0 Å². The van der Waals surface area contributed by atoms with Gasteiger partial charge in [0.2, 0.25) is 15.9 Å². The van der Waals surface area contributed by atoms with Gasteiger partial charge in [-0.1, -0.05) is 6.07 Å². The molecule has 7 nitrogen and oxygen atoms in total. The van der Waals surface area contributed by atoms with Crippen LogP contribution in [0.2, 0.25) is 0 Å². The molecule has 9 heteroatoms. The molecule has 2 heterocycles. The normalized spacial score (nSPS) is 18.3. The summed E-state index contributed by atoms with van der Waals surface area (Å²) < 4.78 is 40.1. The summed E-state index contributed by atoms with van der Waals surface area (Å²) in [7, 11) is -3.52. The van der Waals surface area contributed by atoms with Gasteiger partial charge in [0.1, 0.15) is 5.82 Å². The van der Waals surface area contributed by atoms with E-state index < -0.39 is 10.0 Å². The zero-order valence-corrected chi connectivity index (χ0v) is 18.2. The van der Waals surface area contributed by atoms with E-state index in [1.54, 1.807) is 30.3 Å². The molecule has 0 spiro atoms. The van der Waals surface area contributed by atoms with Crippen LogP contribution in [-0.4, -0.2) is 69.3 Å². The zero-order chi connectivity index (χ0) is 21.8. The first kappa shape index (κ1) is 21.7. The molecule has 2 aliphatic rings. The van der Waals surface area contributed by atoms with Crippen molar-refractivity contribution in [2.75, 3.05) is 56.0 Å². The Hall–Kier alpha value is -2.49. The fraction of sp³-hybridized carbons (Fsp3) is 0.409. The average Bonchev–Trinajstić information content (AvgIpc) is 3.31. The van der Waals surface area contributed by atoms with E-state index >= 15 is 0 Å². The lowest BCUT2D eigenvalue weighted by atomic mass is 10.2. The van der Waals surface area contributed by atoms with Gasteiger partial charge in [0.05, 0.1) is 11.4 Å². The molecule has 0 aliphatic carbocycles. The Balaban J connectivity index is 1.31. The SMILES string of the molecule is O=C(CN1CCN(c2ccc(F)cc2)CC1)Nc1cccc(S(=O)(=O)N2CCCC2)c1. The molecule has 1 amide bonds. The van der Waals surface area contributed by atoms with Gasteiger partial charge in [-0.25, -0.2) is 12.8 Å². The quantitative estimate of drug-likeness (QED) is 0.738. The fourth-order valence-corrected chi connectivity index (χ4v) is 5.60. The minimum absolute atomic E-state index is 0.175. The number of sulfonamides is 1. The molecule has 0 saturated carbocycles. The van der Waals surface area contributed by atoms with Crippen molar-refractivity contribution < 1.29 is 17.6 Å². The van der Waals surface area contributed by atoms with Crippen LogP contribution in [0.25, 0.3) is 0 Å². The molecule has 2 aromatic carbocycles. The lowest BCUT2D eigenvalue weighted by Gasteiger charge is -2.35. The van der Waals surface area contributed by atoms with Crippen LogP contribution in [0.1, 0.15) is 12.8 Å². The summed E-state index contributed by atoms with van der Waals surface area (Å²) in [6, 6.07) is 12.9. The van der Waals surface area contributed by atoms with E-state index in [1.807, 2.05) is 0 Å². The molecule has 166 valence electrons. The van der Waals surface area contributed by atoms with Crippen LogP contribution in [0, 0.1) is 5.82 Å². The number of rotatable bonds is 6. The van der Waals surface area contributed by atoms with Gasteiger partial charge in [0.25, 0.3) is 0 Å². The first-order chi connectivity index (χ1) is 14.9. The standard InChI is InChI=1S/C22H27FN4O3S/c23-18-6-8-20(9-7-18)26-14-12-25(13-15-26)17-22(28)24-19-4-3-5-21(16-19)31(29,30)27-10-1-2-11-27/h3-9,16H,1-2,10-15,17H2,(H,24,28). The molecule has 4 rings (SSSR count). The van der Waals surface area contributed by atoms with E-state index in [0.717, 1.165) is 31.6 Å². The predicted octanol–water partition coefficient (Wildman–Crippen LogP) is 2.37. The summed E-state index contributed by atoms with van der Waals surface area (Å²) in [4.78, 5) is 17.0. The molecule has 31 heavy (non-hydrogen) atoms. The second-order valence-electron chi connectivity index (χ2n) is 7.93. The van der Waals surface area contributed by atoms with E-state index in [4.69, 9.17) is 0 Å². The summed E-state index contributed by atoms with van der Waals surface area (Å²) in [5, 5.41) is 2.82. The van der Waals surface area contributed by atoms with Crippen LogP contribution in [0.3, 0.4) is 0 Å². The fourth-order valence-electron chi connectivity index (χ4n) is 4.03. The van der Waals surface area contributed by atoms with Gasteiger partial charge in [-0.3, -0.25) is 9.69 Å². The van der Waals surface area contributed by atoms with Gasteiger partial charge in [-0.05, 0) is 55.3 Å². The van der Waals surface area contributed by atoms with Gasteiger partial charge in [-0.15, -0.1) is 0 Å². The summed E-state index contributed by atoms with van der Waals surface area (Å²) in [5.41, 5.74) is 1.46. The third kappa shape index (κ3) is 5.23. The molecular formula is C22H27FN4O3S. The average molecular weight is 447 g/mol. The van der Waals surface area contributed by atoms with Crippen molar-refractivity contribution >= 4 is 27.3 Å². The van der Waals surface area contributed by atoms with Crippen LogP contribution in [0.5, 0.6) is 0 Å². The number of benzene rings is 2. The Bertz CT molecular complexity index is 1020. The number of nitrogens with zero attached hydrogens (tertiary/aromatic N) is 3. The van der Waals surface area contributed by atoms with Crippen LogP contribution < -0.4 is 10.2 Å². The number of piperazine rings is 1. The Morgan fingerprint density at radius 3 is 2.29 bits per heavy atom. The smallest absolute Gasteiger partial charge is 0.243 e. The number of hydrogen-bond donors (Lipinski definition) is 1. The van der Waals surface area contributed by atoms with Crippen LogP contribution >= 0.6 is 0 Å². The van der Waals surface area contributed by atoms with Crippen molar-refractivity contribution in [3.63, 3.8) is 0 Å². The molecule has 0 bridgehead atoms. The number of amides is 1. The van der Waals surface area contributed by atoms with Crippen LogP contribution in [0.15, 0.2) is 53.4 Å². The number of carbonyl (C=O) groups excluding carboxylic acids is 1. The molecule has 2 aliphatic heterocycles. The summed E-state index contributed by atoms with van der Waals surface area (Å²) >= 11 is 0. The predicted molar refractivity (Wildman–Crippen MR) is 118 cm³/mol. The third-order valence-corrected chi connectivity index (χ3v) is 7.65. The third-order valence-electron chi connectivity index (χ3n) is 5.75. The molecule has 2 fully saturated rings. The maximum atomic E-state index is 13.1. The van der Waals surface area contributed by atoms with E-state index in [1.165, 1.54) is 22.5 Å². The zero-order valence-electron chi connectivity index (χ0n) is 17.3. The molecule has 0 unspecified atom stereocenters. The van der Waals surface area contributed by atoms with Crippen molar-refractivity contribution in [3.8, 4) is 0 Å². The van der Waals surface area contributed by atoms with Gasteiger partial charge in [-0.2, -0.15) is 4.31 Å². The number of carbonyl (C=O) groups is 1. The van der Waals surface area contributed by atoms with E-state index in [9.17, 15) is 17.6 Å². The Morgan fingerprint density at radius 2 is 1.61 bits per heavy atom. The molecular weight excluding hydrogens is 419 g/mol. The highest BCUT2D eigenvalue weighted by Crippen LogP contribution is 2.23. The Kier molecular flexibility index (Phi) is 6.54. The largest absolute Gasteiger partial charge is 0.369 e. The molecule has 0 atom stereocenters. The minimum Gasteiger partial charge on any atom is -0.369 e. The number of halogens is 1. The highest BCUT2D eigenvalue weighted by atomic mass is 32.2. The van der Waals surface area contributed by atoms with E-state index in [0.29, 0.717) is 31.9 Å². The van der Waals surface area contributed by atoms with Gasteiger partial charge in [0.15, 0.2) is 0 Å². The second kappa shape index (κ2) is 9.33. The number of hydrogen-bond acceptors (Lipinski definition) is 5. The first-order valence-electron chi connectivity index (χ1n) is 10.5. The van der Waals surface area contributed by atoms with Gasteiger partial charge in [0, 0.05) is 50.6 Å². The maximum absolute atomic E-state index is 13.1. The summed E-state index contributed by atoms with van der Waals surface area (Å²) in [6.45, 7) is 4.26. The lowest BCUT2D eigenvalue weighted by molar-refractivity contribution is -0.117. The minimum atomic E-state index is -3.52. The van der Waals surface area contributed by atoms with Crippen molar-refractivity contribution in [2.45, 2.75) is 17.7 Å². The van der Waals surface area contributed by atoms with Crippen molar-refractivity contribution in [1.82, 2.24) is 9.21 Å². The van der Waals surface area contributed by atoms with Crippen LogP contribution in [-0.2, 0) is 14.8 Å². The first-order valence-corrected chi connectivity index (χ1v) is 12.0. The van der Waals surface area contributed by atoms with Crippen molar-refractivity contribution in [3.05, 3.63) is 54.3 Å². The molecule has 0 aromatic heterocycles. The monoisotopic (exact) mass is 446 g/mol. The Labute approximate surface area is 182 Å². The van der Waals surface area contributed by atoms with Crippen molar-refractivity contribution in [1.29, 1.82) is 0 Å². The highest BCUT2D eigenvalue weighted by Gasteiger charge is 2.27. The summed E-state index contributed by atoms with van der Waals surface area (Å²) in [6.07, 6.45) is 1.76. The highest BCUT2D eigenvalue weighted by molar-refractivity contribution is 7.89. The van der Waals surface area contributed by atoms with Gasteiger partial charge >= 0.3 is 0 Å². The summed E-state index contributed by atoms with van der Waals surface area (Å²) in [5.74, 6) is -0.428. The van der Waals surface area contributed by atoms with E-state index in [2.05, 4.69) is 15.1 Å². The number of nitrogens with one attached hydrogen (secondary N) is 1. The molecule has 1 N–H and O–H groups in total. The molecule has 2 aromatic rings. The lowest BCUT2D eigenvalue weighted by Crippen LogP contribution is -2.48. The Morgan fingerprint density at radius 1 is 0.935 bits per heavy atom. The van der Waals surface area contributed by atoms with Gasteiger partial charge < -0.3 is 10.2 Å². The second-order valence-corrected chi connectivity index (χ2v) is 9.86.